The van der Waals surface area contributed by atoms with Crippen LogP contribution in [0.25, 0.3) is 0 Å². The second-order valence-corrected chi connectivity index (χ2v) is 1.83. The fourth-order valence-electron chi connectivity index (χ4n) is 0.708. The van der Waals surface area contributed by atoms with Crippen LogP contribution in [-0.4, -0.2) is 30.5 Å². The minimum Gasteiger partial charge on any atom is -0.340 e. The lowest BCUT2D eigenvalue weighted by molar-refractivity contribution is -0.140. The van der Waals surface area contributed by atoms with Crippen LogP contribution in [0.15, 0.2) is 0 Å². The summed E-state index contributed by atoms with van der Waals surface area (Å²) < 4.78 is 0. The third-order valence-electron chi connectivity index (χ3n) is 1.31. The smallest absolute Gasteiger partial charge is 0.224 e. The van der Waals surface area contributed by atoms with Crippen LogP contribution >= 0.6 is 0 Å². The van der Waals surface area contributed by atoms with Gasteiger partial charge in [0.15, 0.2) is 0 Å². The number of hydrogen-bond donors (Lipinski definition) is 0. The van der Waals surface area contributed by atoms with E-state index in [4.69, 9.17) is 0 Å². The Bertz CT molecular complexity index is 103. The van der Waals surface area contributed by atoms with E-state index in [0.717, 1.165) is 6.54 Å². The zero-order chi connectivity index (χ0) is 5.98. The van der Waals surface area contributed by atoms with Gasteiger partial charge in [0.25, 0.3) is 0 Å². The predicted octanol–water partition coefficient (Wildman–Crippen LogP) is -0.351. The molecule has 1 fully saturated rings. The molecule has 0 saturated carbocycles. The van der Waals surface area contributed by atoms with Crippen molar-refractivity contribution < 1.29 is 9.90 Å². The van der Waals surface area contributed by atoms with Crippen molar-refractivity contribution in [3.63, 3.8) is 0 Å². The summed E-state index contributed by atoms with van der Waals surface area (Å²) in [5, 5.41) is 9.88. The van der Waals surface area contributed by atoms with Gasteiger partial charge in [-0.05, 0) is 0 Å². The molecule has 3 heteroatoms. The summed E-state index contributed by atoms with van der Waals surface area (Å²) in [7, 11) is 0. The molecule has 0 aromatic carbocycles. The molecule has 0 spiro atoms. The van der Waals surface area contributed by atoms with Gasteiger partial charge in [0.1, 0.15) is 0 Å². The van der Waals surface area contributed by atoms with Crippen LogP contribution in [-0.2, 0) is 9.90 Å². The summed E-state index contributed by atoms with van der Waals surface area (Å²) in [6, 6.07) is 0. The van der Waals surface area contributed by atoms with Crippen LogP contribution in [0.3, 0.4) is 0 Å². The van der Waals surface area contributed by atoms with Crippen molar-refractivity contribution >= 4 is 5.91 Å². The topological polar surface area (TPSA) is 40.2 Å². The van der Waals surface area contributed by atoms with Crippen LogP contribution in [0.4, 0.5) is 0 Å². The van der Waals surface area contributed by atoms with Crippen molar-refractivity contribution in [2.75, 3.05) is 19.7 Å². The zero-order valence-corrected chi connectivity index (χ0v) is 4.59. The van der Waals surface area contributed by atoms with Crippen molar-refractivity contribution in [2.24, 2.45) is 0 Å². The van der Waals surface area contributed by atoms with E-state index in [1.807, 2.05) is 0 Å². The normalized spacial score (nSPS) is 18.6. The number of carbonyl (C=O) groups excluding carboxylic acids is 1. The Balaban J connectivity index is 2.17. The van der Waals surface area contributed by atoms with Gasteiger partial charge in [0.05, 0.1) is 6.61 Å². The Hall–Kier alpha value is -0.570. The maximum absolute atomic E-state index is 10.4. The van der Waals surface area contributed by atoms with Gasteiger partial charge in [-0.25, -0.2) is 5.11 Å². The molecule has 0 aromatic heterocycles. The highest BCUT2D eigenvalue weighted by Crippen LogP contribution is 2.05. The molecule has 0 aliphatic carbocycles. The minimum atomic E-state index is -0.161. The standard InChI is InChI=1S/C5H8NO2/c7-4-3-6-2-1-5(6)8/h1-4H2. The van der Waals surface area contributed by atoms with Crippen LogP contribution < -0.4 is 0 Å². The van der Waals surface area contributed by atoms with E-state index in [-0.39, 0.29) is 12.5 Å². The molecule has 1 aliphatic rings. The van der Waals surface area contributed by atoms with Gasteiger partial charge in [0.2, 0.25) is 5.91 Å². The first-order valence-electron chi connectivity index (χ1n) is 2.70. The quantitative estimate of drug-likeness (QED) is 0.452. The third kappa shape index (κ3) is 0.816. The molecule has 0 N–H and O–H groups in total. The maximum Gasteiger partial charge on any atom is 0.224 e. The Morgan fingerprint density at radius 1 is 1.62 bits per heavy atom. The fourth-order valence-corrected chi connectivity index (χ4v) is 0.708. The number of amides is 1. The Kier molecular flexibility index (Phi) is 1.48. The van der Waals surface area contributed by atoms with Crippen molar-refractivity contribution in [3.05, 3.63) is 0 Å². The maximum atomic E-state index is 10.4. The van der Waals surface area contributed by atoms with Gasteiger partial charge >= 0.3 is 0 Å². The zero-order valence-electron chi connectivity index (χ0n) is 4.59. The second-order valence-electron chi connectivity index (χ2n) is 1.83. The molecule has 1 saturated heterocycles. The van der Waals surface area contributed by atoms with Crippen LogP contribution in [0.1, 0.15) is 6.42 Å². The van der Waals surface area contributed by atoms with E-state index >= 15 is 0 Å². The molecular formula is C5H8NO2. The lowest BCUT2D eigenvalue weighted by atomic mass is 10.2. The van der Waals surface area contributed by atoms with Crippen molar-refractivity contribution in [1.29, 1.82) is 0 Å². The lowest BCUT2D eigenvalue weighted by Gasteiger charge is -2.29. The summed E-state index contributed by atoms with van der Waals surface area (Å²) in [6.45, 7) is 1.03. The Morgan fingerprint density at radius 3 is 2.50 bits per heavy atom. The summed E-state index contributed by atoms with van der Waals surface area (Å²) in [5.74, 6) is 0.126. The van der Waals surface area contributed by atoms with Crippen molar-refractivity contribution in [3.8, 4) is 0 Å². The number of carbonyl (C=O) groups is 1. The van der Waals surface area contributed by atoms with Crippen LogP contribution in [0.2, 0.25) is 0 Å². The van der Waals surface area contributed by atoms with E-state index < -0.39 is 0 Å². The lowest BCUT2D eigenvalue weighted by Crippen LogP contribution is -2.44. The molecular weight excluding hydrogens is 106 g/mol. The number of nitrogens with zero attached hydrogens (tertiary/aromatic N) is 1. The van der Waals surface area contributed by atoms with Gasteiger partial charge in [-0.1, -0.05) is 0 Å². The molecule has 45 valence electrons. The summed E-state index contributed by atoms with van der Waals surface area (Å²) in [4.78, 5) is 12.0. The van der Waals surface area contributed by atoms with Crippen LogP contribution in [0, 0.1) is 0 Å². The minimum absolute atomic E-state index is 0.126. The number of hydrogen-bond acceptors (Lipinski definition) is 1. The van der Waals surface area contributed by atoms with E-state index in [1.165, 1.54) is 0 Å². The molecule has 0 aromatic rings. The van der Waals surface area contributed by atoms with Gasteiger partial charge in [-0.3, -0.25) is 4.79 Å². The highest BCUT2D eigenvalue weighted by molar-refractivity contribution is 5.81. The number of likely N-dealkylation sites (tertiary alicyclic amines) is 1. The van der Waals surface area contributed by atoms with Crippen molar-refractivity contribution in [2.45, 2.75) is 6.42 Å². The van der Waals surface area contributed by atoms with Crippen LogP contribution in [0.5, 0.6) is 0 Å². The summed E-state index contributed by atoms with van der Waals surface area (Å²) in [5.41, 5.74) is 0. The molecule has 8 heavy (non-hydrogen) atoms. The molecule has 1 amide bonds. The Morgan fingerprint density at radius 2 is 2.38 bits per heavy atom. The van der Waals surface area contributed by atoms with Gasteiger partial charge < -0.3 is 4.90 Å². The molecule has 1 aliphatic heterocycles. The van der Waals surface area contributed by atoms with E-state index in [9.17, 15) is 9.90 Å². The Labute approximate surface area is 47.9 Å². The number of rotatable bonds is 2. The molecule has 1 radical (unpaired) electrons. The summed E-state index contributed by atoms with van der Waals surface area (Å²) >= 11 is 0. The monoisotopic (exact) mass is 114 g/mol. The molecule has 0 bridgehead atoms. The number of β-lactam (4-membered cyclic amide) rings is 1. The van der Waals surface area contributed by atoms with E-state index in [1.54, 1.807) is 4.90 Å². The first-order valence-corrected chi connectivity index (χ1v) is 2.70. The molecule has 3 nitrogen and oxygen atoms in total. The second kappa shape index (κ2) is 2.13. The van der Waals surface area contributed by atoms with Gasteiger partial charge in [-0.15, -0.1) is 0 Å². The largest absolute Gasteiger partial charge is 0.340 e. The highest BCUT2D eigenvalue weighted by Gasteiger charge is 2.22. The third-order valence-corrected chi connectivity index (χ3v) is 1.31. The SMILES string of the molecule is [O]CCN1CCC1=O. The average molecular weight is 114 g/mol. The van der Waals surface area contributed by atoms with Gasteiger partial charge in [-0.2, -0.15) is 0 Å². The summed E-state index contributed by atoms with van der Waals surface area (Å²) in [6.07, 6.45) is 0.639. The highest BCUT2D eigenvalue weighted by atomic mass is 16.3. The van der Waals surface area contributed by atoms with E-state index in [0.29, 0.717) is 13.0 Å². The van der Waals surface area contributed by atoms with E-state index in [2.05, 4.69) is 0 Å². The molecule has 1 heterocycles. The predicted molar refractivity (Wildman–Crippen MR) is 26.8 cm³/mol. The molecule has 0 atom stereocenters. The first-order chi connectivity index (χ1) is 3.84. The first kappa shape index (κ1) is 5.56. The van der Waals surface area contributed by atoms with Crippen molar-refractivity contribution in [1.82, 2.24) is 4.90 Å². The average Bonchev–Trinajstić information content (AvgIpc) is 1.79. The molecule has 0 unspecified atom stereocenters. The molecule has 1 rings (SSSR count). The fraction of sp³-hybridized carbons (Fsp3) is 0.800. The van der Waals surface area contributed by atoms with Gasteiger partial charge in [0, 0.05) is 19.5 Å².